The molecular weight excluding hydrogens is 398 g/mol. The monoisotopic (exact) mass is 427 g/mol. The predicted molar refractivity (Wildman–Crippen MR) is 106 cm³/mol. The van der Waals surface area contributed by atoms with Gasteiger partial charge in [-0.05, 0) is 24.3 Å². The van der Waals surface area contributed by atoms with Crippen LogP contribution in [0.1, 0.15) is 25.8 Å². The van der Waals surface area contributed by atoms with Gasteiger partial charge in [-0.15, -0.1) is 0 Å². The lowest BCUT2D eigenvalue weighted by molar-refractivity contribution is -0.165. The highest BCUT2D eigenvalue weighted by atomic mass is 16.4. The molecule has 0 aliphatic heterocycles. The number of hydrogen-bond donors (Lipinski definition) is 7. The van der Waals surface area contributed by atoms with E-state index >= 15 is 0 Å². The predicted octanol–water partition coefficient (Wildman–Crippen LogP) is -1.55. The van der Waals surface area contributed by atoms with Gasteiger partial charge in [0.25, 0.3) is 0 Å². The number of carbonyl (C=O) groups is 4. The van der Waals surface area contributed by atoms with E-state index in [1.54, 1.807) is 0 Å². The molecule has 0 aliphatic carbocycles. The number of hydrogen-bond acceptors (Lipinski definition) is 7. The topological polar surface area (TPSA) is 213 Å². The SMILES string of the molecule is CC(C)C[C@@H](NC(=O)[C@H](N)Cc1ccccc1)C(N)=O.O=C(O)[C@H](O)[C@@H](O)C(=O)O. The first-order chi connectivity index (χ1) is 13.9. The van der Waals surface area contributed by atoms with Crippen LogP contribution in [0.5, 0.6) is 0 Å². The van der Waals surface area contributed by atoms with Gasteiger partial charge in [0.05, 0.1) is 6.04 Å². The van der Waals surface area contributed by atoms with Crippen molar-refractivity contribution in [2.24, 2.45) is 17.4 Å². The summed E-state index contributed by atoms with van der Waals surface area (Å²) in [4.78, 5) is 42.9. The Balaban J connectivity index is 0.000000710. The third-order valence-electron chi connectivity index (χ3n) is 3.81. The largest absolute Gasteiger partial charge is 0.479 e. The van der Waals surface area contributed by atoms with E-state index in [1.165, 1.54) is 0 Å². The van der Waals surface area contributed by atoms with Crippen molar-refractivity contribution in [3.05, 3.63) is 35.9 Å². The Bertz CT molecular complexity index is 693. The number of benzene rings is 1. The summed E-state index contributed by atoms with van der Waals surface area (Å²) in [5.41, 5.74) is 12.1. The fourth-order valence-electron chi connectivity index (χ4n) is 2.23. The van der Waals surface area contributed by atoms with Crippen molar-refractivity contribution < 1.29 is 39.6 Å². The van der Waals surface area contributed by atoms with Crippen LogP contribution in [0.4, 0.5) is 0 Å². The number of aliphatic carboxylic acids is 2. The normalized spacial score (nSPS) is 14.5. The lowest BCUT2D eigenvalue weighted by atomic mass is 10.0. The Kier molecular flexibility index (Phi) is 11.9. The highest BCUT2D eigenvalue weighted by Gasteiger charge is 2.29. The van der Waals surface area contributed by atoms with Gasteiger partial charge in [-0.1, -0.05) is 44.2 Å². The molecule has 0 saturated heterocycles. The third-order valence-corrected chi connectivity index (χ3v) is 3.81. The van der Waals surface area contributed by atoms with Gasteiger partial charge in [0.15, 0.2) is 12.2 Å². The molecule has 11 nitrogen and oxygen atoms in total. The number of rotatable bonds is 10. The number of carboxylic acid groups (broad SMARTS) is 2. The van der Waals surface area contributed by atoms with Gasteiger partial charge in [-0.3, -0.25) is 9.59 Å². The van der Waals surface area contributed by atoms with E-state index in [1.807, 2.05) is 44.2 Å². The van der Waals surface area contributed by atoms with Gasteiger partial charge in [-0.25, -0.2) is 9.59 Å². The average molecular weight is 427 g/mol. The van der Waals surface area contributed by atoms with Crippen molar-refractivity contribution >= 4 is 23.8 Å². The lowest BCUT2D eigenvalue weighted by Crippen LogP contribution is -2.51. The first-order valence-corrected chi connectivity index (χ1v) is 9.07. The zero-order chi connectivity index (χ0) is 23.4. The van der Waals surface area contributed by atoms with E-state index in [4.69, 9.17) is 31.9 Å². The molecule has 0 spiro atoms. The van der Waals surface area contributed by atoms with Crippen molar-refractivity contribution in [3.63, 3.8) is 0 Å². The second-order valence-corrected chi connectivity index (χ2v) is 6.96. The van der Waals surface area contributed by atoms with E-state index in [2.05, 4.69) is 5.32 Å². The summed E-state index contributed by atoms with van der Waals surface area (Å²) in [5, 5.41) is 35.2. The molecule has 11 heteroatoms. The molecule has 0 saturated carbocycles. The van der Waals surface area contributed by atoms with Crippen LogP contribution < -0.4 is 16.8 Å². The molecule has 0 aromatic heterocycles. The van der Waals surface area contributed by atoms with Crippen molar-refractivity contribution in [2.45, 2.75) is 51.0 Å². The van der Waals surface area contributed by atoms with Gasteiger partial charge >= 0.3 is 11.9 Å². The zero-order valence-electron chi connectivity index (χ0n) is 16.8. The summed E-state index contributed by atoms with van der Waals surface area (Å²) < 4.78 is 0. The molecule has 9 N–H and O–H groups in total. The molecule has 0 aliphatic rings. The van der Waals surface area contributed by atoms with Crippen LogP contribution in [-0.4, -0.2) is 68.5 Å². The van der Waals surface area contributed by atoms with E-state index in [9.17, 15) is 19.2 Å². The number of aliphatic hydroxyl groups is 2. The van der Waals surface area contributed by atoms with Gasteiger partial charge in [0.2, 0.25) is 11.8 Å². The molecule has 0 fully saturated rings. The molecule has 1 aromatic carbocycles. The number of carboxylic acids is 2. The minimum absolute atomic E-state index is 0.262. The fraction of sp³-hybridized carbons (Fsp3) is 0.474. The van der Waals surface area contributed by atoms with E-state index in [0.29, 0.717) is 12.8 Å². The van der Waals surface area contributed by atoms with Crippen LogP contribution in [0.25, 0.3) is 0 Å². The molecule has 4 atom stereocenters. The summed E-state index contributed by atoms with van der Waals surface area (Å²) in [6.45, 7) is 3.93. The van der Waals surface area contributed by atoms with Crippen LogP contribution in [0.3, 0.4) is 0 Å². The molecule has 0 radical (unpaired) electrons. The quantitative estimate of drug-likeness (QED) is 0.230. The number of amides is 2. The van der Waals surface area contributed by atoms with Crippen molar-refractivity contribution in [3.8, 4) is 0 Å². The van der Waals surface area contributed by atoms with Gasteiger partial charge in [-0.2, -0.15) is 0 Å². The number of nitrogens with one attached hydrogen (secondary N) is 1. The Morgan fingerprint density at radius 2 is 1.43 bits per heavy atom. The van der Waals surface area contributed by atoms with Crippen molar-refractivity contribution in [2.75, 3.05) is 0 Å². The summed E-state index contributed by atoms with van der Waals surface area (Å²) in [5.74, 6) is -4.15. The van der Waals surface area contributed by atoms with Gasteiger partial charge in [0, 0.05) is 0 Å². The lowest BCUT2D eigenvalue weighted by Gasteiger charge is -2.20. The maximum atomic E-state index is 12.0. The molecule has 168 valence electrons. The van der Waals surface area contributed by atoms with Crippen LogP contribution in [0.15, 0.2) is 30.3 Å². The highest BCUT2D eigenvalue weighted by molar-refractivity contribution is 5.89. The standard InChI is InChI=1S/C15H23N3O2.C4H6O6/c1-10(2)8-13(14(17)19)18-15(20)12(16)9-11-6-4-3-5-7-11;5-1(3(7)8)2(6)4(9)10/h3-7,10,12-13H,8-9,16H2,1-2H3,(H2,17,19)(H,18,20);1-2,5-6H,(H,7,8)(H,9,10)/t12-,13-;1-,2-/m11/s1. The van der Waals surface area contributed by atoms with Crippen molar-refractivity contribution in [1.82, 2.24) is 5.32 Å². The molecule has 1 aromatic rings. The van der Waals surface area contributed by atoms with Crippen LogP contribution in [-0.2, 0) is 25.6 Å². The molecular formula is C19H29N3O8. The summed E-state index contributed by atoms with van der Waals surface area (Å²) >= 11 is 0. The summed E-state index contributed by atoms with van der Waals surface area (Å²) in [7, 11) is 0. The Labute approximate surface area is 173 Å². The van der Waals surface area contributed by atoms with Gasteiger partial charge in [0.1, 0.15) is 6.04 Å². The number of primary amides is 1. The molecule has 1 rings (SSSR count). The minimum atomic E-state index is -2.27. The fourth-order valence-corrected chi connectivity index (χ4v) is 2.23. The highest BCUT2D eigenvalue weighted by Crippen LogP contribution is 2.06. The van der Waals surface area contributed by atoms with Crippen LogP contribution >= 0.6 is 0 Å². The third kappa shape index (κ3) is 10.5. The van der Waals surface area contributed by atoms with E-state index in [0.717, 1.165) is 5.56 Å². The Morgan fingerprint density at radius 1 is 0.967 bits per heavy atom. The number of nitrogens with two attached hydrogens (primary N) is 2. The van der Waals surface area contributed by atoms with Crippen LogP contribution in [0.2, 0.25) is 0 Å². The second-order valence-electron chi connectivity index (χ2n) is 6.96. The Morgan fingerprint density at radius 3 is 1.80 bits per heavy atom. The average Bonchev–Trinajstić information content (AvgIpc) is 2.66. The van der Waals surface area contributed by atoms with Crippen LogP contribution in [0, 0.1) is 5.92 Å². The number of aliphatic hydroxyl groups excluding tert-OH is 2. The minimum Gasteiger partial charge on any atom is -0.479 e. The summed E-state index contributed by atoms with van der Waals surface area (Å²) in [6.07, 6.45) is -3.59. The molecule has 0 bridgehead atoms. The first-order valence-electron chi connectivity index (χ1n) is 9.07. The second kappa shape index (κ2) is 13.2. The van der Waals surface area contributed by atoms with Crippen molar-refractivity contribution in [1.29, 1.82) is 0 Å². The van der Waals surface area contributed by atoms with E-state index < -0.39 is 42.1 Å². The number of carbonyl (C=O) groups excluding carboxylic acids is 2. The smallest absolute Gasteiger partial charge is 0.335 e. The van der Waals surface area contributed by atoms with E-state index in [-0.39, 0.29) is 11.8 Å². The summed E-state index contributed by atoms with van der Waals surface area (Å²) in [6, 6.07) is 8.16. The zero-order valence-corrected chi connectivity index (χ0v) is 16.8. The molecule has 2 amide bonds. The maximum Gasteiger partial charge on any atom is 0.335 e. The molecule has 0 unspecified atom stereocenters. The molecule has 30 heavy (non-hydrogen) atoms. The Hall–Kier alpha value is -3.02. The maximum absolute atomic E-state index is 12.0. The van der Waals surface area contributed by atoms with Gasteiger partial charge < -0.3 is 37.2 Å². The first kappa shape index (κ1) is 27.0. The molecule has 0 heterocycles.